The van der Waals surface area contributed by atoms with E-state index in [9.17, 15) is 38.9 Å². The van der Waals surface area contributed by atoms with E-state index in [2.05, 4.69) is 12.5 Å². The van der Waals surface area contributed by atoms with E-state index in [1.54, 1.807) is 0 Å². The molecule has 23 heavy (non-hydrogen) atoms. The van der Waals surface area contributed by atoms with Gasteiger partial charge in [0.15, 0.2) is 0 Å². The molecule has 0 aromatic rings. The predicted octanol–water partition coefficient (Wildman–Crippen LogP) is -2.38. The van der Waals surface area contributed by atoms with Gasteiger partial charge in [-0.2, -0.15) is 0 Å². The van der Waals surface area contributed by atoms with E-state index in [0.717, 1.165) is 0 Å². The Labute approximate surface area is 165 Å². The van der Waals surface area contributed by atoms with Crippen molar-refractivity contribution in [3.05, 3.63) is 0 Å². The van der Waals surface area contributed by atoms with Gasteiger partial charge in [-0.25, -0.2) is 25.3 Å². The van der Waals surface area contributed by atoms with Gasteiger partial charge < -0.3 is 19.1 Å². The number of hydrogen-bond donors (Lipinski definition) is 0. The Morgan fingerprint density at radius 3 is 0.739 bits per heavy atom. The summed E-state index contributed by atoms with van der Waals surface area (Å²) < 4.78 is 96.0. The average molecular weight is 556 g/mol. The molecule has 0 bridgehead atoms. The Kier molecular flexibility index (Phi) is 26.9. The van der Waals surface area contributed by atoms with Crippen molar-refractivity contribution in [2.24, 2.45) is 0 Å². The first-order valence-corrected chi connectivity index (χ1v) is 8.99. The van der Waals surface area contributed by atoms with Gasteiger partial charge in [0.25, 0.3) is 0 Å². The Balaban J connectivity index is -0.0000000675. The van der Waals surface area contributed by atoms with Crippen LogP contribution in [-0.4, -0.2) is 64.2 Å². The summed E-state index contributed by atoms with van der Waals surface area (Å²) in [5.74, 6) is 0. The molecule has 0 aromatic carbocycles. The largest absolute Gasteiger partial charge is 3.00 e. The van der Waals surface area contributed by atoms with E-state index in [1.165, 1.54) is 20.8 Å². The molecule has 0 aliphatic rings. The summed E-state index contributed by atoms with van der Waals surface area (Å²) >= 11 is 0. The van der Waals surface area contributed by atoms with Crippen LogP contribution in [-0.2, 0) is 43.7 Å². The van der Waals surface area contributed by atoms with Gasteiger partial charge in [-0.1, -0.05) is 0 Å². The molecule has 147 valence electrons. The van der Waals surface area contributed by atoms with Gasteiger partial charge in [-0.15, -0.1) is 0 Å². The quantitative estimate of drug-likeness (QED) is 0.247. The second-order valence-corrected chi connectivity index (χ2v) is 5.60. The van der Waals surface area contributed by atoms with E-state index in [-0.39, 0.29) is 63.5 Å². The molecule has 0 saturated carbocycles. The van der Waals surface area contributed by atoms with Crippen LogP contribution in [0.15, 0.2) is 0 Å². The van der Waals surface area contributed by atoms with Crippen molar-refractivity contribution < 1.29 is 95.1 Å². The molecule has 0 rings (SSSR count). The molecule has 0 aliphatic carbocycles. The van der Waals surface area contributed by atoms with Crippen LogP contribution >= 0.6 is 0 Å². The third kappa shape index (κ3) is 60.2. The molecular formula is C6H17DyO13S3. The molecule has 2 N–H and O–H groups in total. The van der Waals surface area contributed by atoms with E-state index < -0.39 is 31.2 Å². The standard InChI is InChI=1S/3C2H6O4S.Dy.H2O/c3*1-2-6-7(3,4)5;;/h3*2H2,1H3,(H,3,4,5);;1H2/q;;;+3;/p-3. The Hall–Kier alpha value is 0.843. The molecule has 0 atom stereocenters. The fraction of sp³-hybridized carbons (Fsp3) is 1.00. The van der Waals surface area contributed by atoms with Gasteiger partial charge in [-0.3, -0.25) is 12.5 Å². The van der Waals surface area contributed by atoms with Crippen LogP contribution in [0.4, 0.5) is 0 Å². The molecule has 0 fully saturated rings. The second kappa shape index (κ2) is 17.7. The van der Waals surface area contributed by atoms with E-state index >= 15 is 0 Å². The molecule has 0 unspecified atom stereocenters. The maximum absolute atomic E-state index is 9.45. The summed E-state index contributed by atoms with van der Waals surface area (Å²) in [5.41, 5.74) is 0. The fourth-order valence-corrected chi connectivity index (χ4v) is 1.30. The van der Waals surface area contributed by atoms with Crippen LogP contribution in [0.1, 0.15) is 20.8 Å². The summed E-state index contributed by atoms with van der Waals surface area (Å²) in [6, 6.07) is 0. The normalized spacial score (nSPS) is 10.7. The van der Waals surface area contributed by atoms with E-state index in [0.29, 0.717) is 0 Å². The van der Waals surface area contributed by atoms with Crippen molar-refractivity contribution in [2.75, 3.05) is 19.8 Å². The van der Waals surface area contributed by atoms with Crippen molar-refractivity contribution in [1.29, 1.82) is 0 Å². The minimum absolute atomic E-state index is 0. The first-order chi connectivity index (χ1) is 9.18. The van der Waals surface area contributed by atoms with Crippen LogP contribution < -0.4 is 0 Å². The minimum atomic E-state index is -4.42. The van der Waals surface area contributed by atoms with Gasteiger partial charge in [-0.05, 0) is 20.8 Å². The maximum Gasteiger partial charge on any atom is 3.00 e. The van der Waals surface area contributed by atoms with Gasteiger partial charge in [0.2, 0.25) is 31.2 Å². The summed E-state index contributed by atoms with van der Waals surface area (Å²) in [4.78, 5) is 0. The SMILES string of the molecule is CCOS(=O)(=O)[O-].CCOS(=O)(=O)[O-].CCOS(=O)(=O)[O-].O.[Dy+3]. The molecule has 0 aliphatic heterocycles. The van der Waals surface area contributed by atoms with Gasteiger partial charge in [0.1, 0.15) is 0 Å². The van der Waals surface area contributed by atoms with E-state index in [1.807, 2.05) is 0 Å². The second-order valence-electron chi connectivity index (χ2n) is 2.44. The zero-order valence-corrected chi connectivity index (χ0v) is 16.5. The molecule has 17 heteroatoms. The van der Waals surface area contributed by atoms with E-state index in [4.69, 9.17) is 0 Å². The topological polar surface area (TPSA) is 231 Å². The summed E-state index contributed by atoms with van der Waals surface area (Å²) in [6.07, 6.45) is 0. The molecule has 0 spiro atoms. The van der Waals surface area contributed by atoms with Gasteiger partial charge in [0.05, 0.1) is 19.8 Å². The van der Waals surface area contributed by atoms with Crippen molar-refractivity contribution >= 4 is 31.2 Å². The Morgan fingerprint density at radius 2 is 0.739 bits per heavy atom. The van der Waals surface area contributed by atoms with Crippen LogP contribution in [0, 0.1) is 38.2 Å². The molecule has 0 aromatic heterocycles. The van der Waals surface area contributed by atoms with Crippen LogP contribution in [0.25, 0.3) is 0 Å². The summed E-state index contributed by atoms with van der Waals surface area (Å²) in [7, 11) is -13.3. The number of hydrogen-bond acceptors (Lipinski definition) is 12. The third-order valence-corrected chi connectivity index (χ3v) is 2.36. The predicted molar refractivity (Wildman–Crippen MR) is 67.6 cm³/mol. The molecule has 13 nitrogen and oxygen atoms in total. The van der Waals surface area contributed by atoms with Crippen molar-refractivity contribution in [3.8, 4) is 0 Å². The minimum Gasteiger partial charge on any atom is -0.726 e. The van der Waals surface area contributed by atoms with Crippen molar-refractivity contribution in [3.63, 3.8) is 0 Å². The monoisotopic (exact) mass is 557 g/mol. The Morgan fingerprint density at radius 1 is 0.609 bits per heavy atom. The summed E-state index contributed by atoms with van der Waals surface area (Å²) in [5, 5.41) is 0. The van der Waals surface area contributed by atoms with Crippen LogP contribution in [0.5, 0.6) is 0 Å². The number of rotatable bonds is 6. The first kappa shape index (κ1) is 35.0. The molecule has 0 heterocycles. The molecule has 0 amide bonds. The van der Waals surface area contributed by atoms with Crippen LogP contribution in [0.3, 0.4) is 0 Å². The Bertz CT molecular complexity index is 455. The molecule has 1 radical (unpaired) electrons. The zero-order chi connectivity index (χ0) is 17.7. The fourth-order valence-electron chi connectivity index (χ4n) is 0.433. The maximum atomic E-state index is 9.45. The first-order valence-electron chi connectivity index (χ1n) is 4.99. The van der Waals surface area contributed by atoms with Crippen molar-refractivity contribution in [2.45, 2.75) is 20.8 Å². The zero-order valence-electron chi connectivity index (χ0n) is 12.1. The van der Waals surface area contributed by atoms with Gasteiger partial charge in [0, 0.05) is 0 Å². The van der Waals surface area contributed by atoms with Gasteiger partial charge >= 0.3 is 38.2 Å². The molecular weight excluding hydrogens is 539 g/mol. The smallest absolute Gasteiger partial charge is 0.726 e. The summed E-state index contributed by atoms with van der Waals surface area (Å²) in [6.45, 7) is 4.00. The molecule has 0 saturated heterocycles. The van der Waals surface area contributed by atoms with Crippen LogP contribution in [0.2, 0.25) is 0 Å². The third-order valence-electron chi connectivity index (χ3n) is 0.787. The average Bonchev–Trinajstić information content (AvgIpc) is 2.12. The van der Waals surface area contributed by atoms with Crippen molar-refractivity contribution in [1.82, 2.24) is 0 Å².